The average molecular weight is 366 g/mol. The number of hydrogen-bond donors (Lipinski definition) is 0. The van der Waals surface area contributed by atoms with Crippen LogP contribution in [0.25, 0.3) is 11.4 Å². The first kappa shape index (κ1) is 18.2. The molecule has 26 heavy (non-hydrogen) atoms. The van der Waals surface area contributed by atoms with Crippen LogP contribution < -0.4 is 0 Å². The molecule has 3 aromatic rings. The van der Waals surface area contributed by atoms with Gasteiger partial charge in [-0.15, -0.1) is 10.2 Å². The van der Waals surface area contributed by atoms with E-state index in [2.05, 4.69) is 10.2 Å². The molecule has 2 aromatic carbocycles. The van der Waals surface area contributed by atoms with Crippen LogP contribution in [-0.4, -0.2) is 37.9 Å². The van der Waals surface area contributed by atoms with Gasteiger partial charge in [-0.3, -0.25) is 4.79 Å². The maximum Gasteiger partial charge on any atom is 0.235 e. The summed E-state index contributed by atoms with van der Waals surface area (Å²) in [5.74, 6) is 0.869. The number of benzene rings is 2. The predicted octanol–water partition coefficient (Wildman–Crippen LogP) is 3.62. The SMILES string of the molecule is C[C@@H](Sc1nnc(-c2ccccc2)n1C)C(=O)N(C)Cc1ccccc1. The molecule has 3 rings (SSSR count). The third kappa shape index (κ3) is 4.14. The van der Waals surface area contributed by atoms with Crippen molar-refractivity contribution in [2.24, 2.45) is 7.05 Å². The molecule has 0 saturated carbocycles. The molecule has 0 fully saturated rings. The van der Waals surface area contributed by atoms with Gasteiger partial charge in [-0.1, -0.05) is 72.4 Å². The van der Waals surface area contributed by atoms with Crippen molar-refractivity contribution in [2.75, 3.05) is 7.05 Å². The Morgan fingerprint density at radius 2 is 1.69 bits per heavy atom. The Balaban J connectivity index is 1.67. The summed E-state index contributed by atoms with van der Waals surface area (Å²) in [6, 6.07) is 19.9. The molecule has 1 atom stereocenters. The molecular weight excluding hydrogens is 344 g/mol. The maximum atomic E-state index is 12.7. The van der Waals surface area contributed by atoms with Crippen LogP contribution in [-0.2, 0) is 18.4 Å². The fourth-order valence-electron chi connectivity index (χ4n) is 2.71. The summed E-state index contributed by atoms with van der Waals surface area (Å²) in [5, 5.41) is 9.03. The Hall–Kier alpha value is -2.60. The van der Waals surface area contributed by atoms with Crippen molar-refractivity contribution in [3.63, 3.8) is 0 Å². The molecule has 6 heteroatoms. The van der Waals surface area contributed by atoms with Crippen molar-refractivity contribution < 1.29 is 4.79 Å². The molecule has 134 valence electrons. The summed E-state index contributed by atoms with van der Waals surface area (Å²) in [6.07, 6.45) is 0. The molecule has 0 aliphatic carbocycles. The first-order valence-corrected chi connectivity index (χ1v) is 9.34. The Morgan fingerprint density at radius 3 is 2.35 bits per heavy atom. The summed E-state index contributed by atoms with van der Waals surface area (Å²) in [4.78, 5) is 14.4. The maximum absolute atomic E-state index is 12.7. The van der Waals surface area contributed by atoms with Crippen molar-refractivity contribution in [3.8, 4) is 11.4 Å². The number of carbonyl (C=O) groups excluding carboxylic acids is 1. The molecular formula is C20H22N4OS. The fourth-order valence-corrected chi connectivity index (χ4v) is 3.64. The van der Waals surface area contributed by atoms with Gasteiger partial charge in [0.2, 0.25) is 5.91 Å². The topological polar surface area (TPSA) is 51.0 Å². The standard InChI is InChI=1S/C20H22N4OS/c1-15(19(25)23(2)14-16-10-6-4-7-11-16)26-20-22-21-18(24(20)3)17-12-8-5-9-13-17/h4-13,15H,14H2,1-3H3/t15-/m1/s1. The van der Waals surface area contributed by atoms with Crippen LogP contribution in [0, 0.1) is 0 Å². The van der Waals surface area contributed by atoms with Crippen molar-refractivity contribution >= 4 is 17.7 Å². The summed E-state index contributed by atoms with van der Waals surface area (Å²) in [5.41, 5.74) is 2.13. The van der Waals surface area contributed by atoms with Gasteiger partial charge in [0.15, 0.2) is 11.0 Å². The van der Waals surface area contributed by atoms with Gasteiger partial charge in [-0.05, 0) is 12.5 Å². The molecule has 5 nitrogen and oxygen atoms in total. The second-order valence-electron chi connectivity index (χ2n) is 6.17. The number of thioether (sulfide) groups is 1. The molecule has 0 aliphatic heterocycles. The monoisotopic (exact) mass is 366 g/mol. The summed E-state index contributed by atoms with van der Waals surface area (Å²) < 4.78 is 1.93. The summed E-state index contributed by atoms with van der Waals surface area (Å²) in [6.45, 7) is 2.50. The molecule has 0 N–H and O–H groups in total. The molecule has 0 bridgehead atoms. The van der Waals surface area contributed by atoms with E-state index >= 15 is 0 Å². The molecule has 0 radical (unpaired) electrons. The lowest BCUT2D eigenvalue weighted by atomic mass is 10.2. The quantitative estimate of drug-likeness (QED) is 0.625. The Bertz CT molecular complexity index is 864. The van der Waals surface area contributed by atoms with Crippen molar-refractivity contribution in [1.29, 1.82) is 0 Å². The average Bonchev–Trinajstić information content (AvgIpc) is 3.03. The van der Waals surface area contributed by atoms with E-state index in [9.17, 15) is 4.79 Å². The van der Waals surface area contributed by atoms with E-state index in [0.717, 1.165) is 22.1 Å². The molecule has 0 aliphatic rings. The lowest BCUT2D eigenvalue weighted by Crippen LogP contribution is -2.32. The zero-order valence-corrected chi connectivity index (χ0v) is 16.0. The first-order chi connectivity index (χ1) is 12.6. The van der Waals surface area contributed by atoms with Gasteiger partial charge in [-0.2, -0.15) is 0 Å². The number of carbonyl (C=O) groups is 1. The van der Waals surface area contributed by atoms with E-state index in [-0.39, 0.29) is 11.2 Å². The first-order valence-electron chi connectivity index (χ1n) is 8.46. The van der Waals surface area contributed by atoms with Gasteiger partial charge < -0.3 is 9.47 Å². The van der Waals surface area contributed by atoms with E-state index in [4.69, 9.17) is 0 Å². The molecule has 0 saturated heterocycles. The van der Waals surface area contributed by atoms with Gasteiger partial charge in [-0.25, -0.2) is 0 Å². The van der Waals surface area contributed by atoms with Crippen LogP contribution in [0.1, 0.15) is 12.5 Å². The van der Waals surface area contributed by atoms with Crippen molar-refractivity contribution in [2.45, 2.75) is 23.9 Å². The molecule has 1 heterocycles. The van der Waals surface area contributed by atoms with Crippen LogP contribution in [0.15, 0.2) is 65.8 Å². The third-order valence-corrected chi connectivity index (χ3v) is 5.26. The van der Waals surface area contributed by atoms with Crippen LogP contribution in [0.2, 0.25) is 0 Å². The number of aromatic nitrogens is 3. The van der Waals surface area contributed by atoms with Crippen LogP contribution >= 0.6 is 11.8 Å². The number of amides is 1. The van der Waals surface area contributed by atoms with Crippen molar-refractivity contribution in [1.82, 2.24) is 19.7 Å². The Morgan fingerprint density at radius 1 is 1.08 bits per heavy atom. The van der Waals surface area contributed by atoms with E-state index in [0.29, 0.717) is 6.54 Å². The summed E-state index contributed by atoms with van der Waals surface area (Å²) in [7, 11) is 3.76. The lowest BCUT2D eigenvalue weighted by Gasteiger charge is -2.21. The van der Waals surface area contributed by atoms with E-state index in [1.165, 1.54) is 11.8 Å². The van der Waals surface area contributed by atoms with E-state index in [1.54, 1.807) is 4.90 Å². The summed E-state index contributed by atoms with van der Waals surface area (Å²) >= 11 is 1.43. The second-order valence-corrected chi connectivity index (χ2v) is 7.48. The predicted molar refractivity (Wildman–Crippen MR) is 105 cm³/mol. The zero-order valence-electron chi connectivity index (χ0n) is 15.2. The Labute approximate surface area is 158 Å². The second kappa shape index (κ2) is 8.19. The molecule has 1 amide bonds. The van der Waals surface area contributed by atoms with E-state index < -0.39 is 0 Å². The molecule has 0 spiro atoms. The van der Waals surface area contributed by atoms with Crippen LogP contribution in [0.4, 0.5) is 0 Å². The minimum absolute atomic E-state index is 0.0723. The van der Waals surface area contributed by atoms with Crippen molar-refractivity contribution in [3.05, 3.63) is 66.2 Å². The minimum Gasteiger partial charge on any atom is -0.340 e. The highest BCUT2D eigenvalue weighted by Crippen LogP contribution is 2.26. The highest BCUT2D eigenvalue weighted by molar-refractivity contribution is 8.00. The highest BCUT2D eigenvalue weighted by Gasteiger charge is 2.22. The van der Waals surface area contributed by atoms with Gasteiger partial charge in [0, 0.05) is 26.2 Å². The van der Waals surface area contributed by atoms with Gasteiger partial charge >= 0.3 is 0 Å². The van der Waals surface area contributed by atoms with Crippen LogP contribution in [0.5, 0.6) is 0 Å². The minimum atomic E-state index is -0.241. The molecule has 1 aromatic heterocycles. The van der Waals surface area contributed by atoms with E-state index in [1.807, 2.05) is 86.2 Å². The fraction of sp³-hybridized carbons (Fsp3) is 0.250. The van der Waals surface area contributed by atoms with Gasteiger partial charge in [0.1, 0.15) is 0 Å². The van der Waals surface area contributed by atoms with Crippen LogP contribution in [0.3, 0.4) is 0 Å². The van der Waals surface area contributed by atoms with Gasteiger partial charge in [0.05, 0.1) is 5.25 Å². The van der Waals surface area contributed by atoms with Gasteiger partial charge in [0.25, 0.3) is 0 Å². The lowest BCUT2D eigenvalue weighted by molar-refractivity contribution is -0.129. The number of nitrogens with zero attached hydrogens (tertiary/aromatic N) is 4. The number of hydrogen-bond acceptors (Lipinski definition) is 4. The zero-order chi connectivity index (χ0) is 18.5. The Kier molecular flexibility index (Phi) is 5.73. The number of rotatable bonds is 6. The largest absolute Gasteiger partial charge is 0.340 e. The smallest absolute Gasteiger partial charge is 0.235 e. The normalized spacial score (nSPS) is 12.0. The highest BCUT2D eigenvalue weighted by atomic mass is 32.2. The molecule has 0 unspecified atom stereocenters. The third-order valence-electron chi connectivity index (χ3n) is 4.14.